The van der Waals surface area contributed by atoms with E-state index in [4.69, 9.17) is 0 Å². The molecule has 0 bridgehead atoms. The van der Waals surface area contributed by atoms with Crippen LogP contribution in [0, 0.1) is 11.8 Å². The van der Waals surface area contributed by atoms with Crippen molar-refractivity contribution in [2.24, 2.45) is 11.8 Å². The summed E-state index contributed by atoms with van der Waals surface area (Å²) in [5.74, 6) is 2.26. The Morgan fingerprint density at radius 2 is 2.08 bits per heavy atom. The molecule has 1 saturated carbocycles. The van der Waals surface area contributed by atoms with Crippen molar-refractivity contribution in [3.8, 4) is 0 Å². The summed E-state index contributed by atoms with van der Waals surface area (Å²) >= 11 is 0. The predicted molar refractivity (Wildman–Crippen MR) is 96.9 cm³/mol. The van der Waals surface area contributed by atoms with Gasteiger partial charge in [-0.3, -0.25) is 0 Å². The molecule has 0 spiro atoms. The van der Waals surface area contributed by atoms with Crippen LogP contribution in [0.3, 0.4) is 0 Å². The fraction of sp³-hybridized carbons (Fsp3) is 0.647. The number of anilines is 1. The first-order chi connectivity index (χ1) is 11.4. The van der Waals surface area contributed by atoms with Crippen molar-refractivity contribution in [2.45, 2.75) is 39.2 Å². The summed E-state index contributed by atoms with van der Waals surface area (Å²) < 4.78 is 24.4. The number of hydrogen-bond acceptors (Lipinski definition) is 5. The van der Waals surface area contributed by atoms with Crippen LogP contribution in [0.2, 0.25) is 0 Å². The van der Waals surface area contributed by atoms with Gasteiger partial charge in [0.15, 0.2) is 9.84 Å². The zero-order valence-electron chi connectivity index (χ0n) is 14.6. The maximum absolute atomic E-state index is 12.2. The van der Waals surface area contributed by atoms with Gasteiger partial charge >= 0.3 is 0 Å². The third-order valence-electron chi connectivity index (χ3n) is 4.92. The Labute approximate surface area is 143 Å². The van der Waals surface area contributed by atoms with Crippen molar-refractivity contribution in [2.75, 3.05) is 23.5 Å². The number of aromatic nitrogens is 3. The van der Waals surface area contributed by atoms with Gasteiger partial charge in [0.05, 0.1) is 16.9 Å². The highest BCUT2D eigenvalue weighted by molar-refractivity contribution is 7.91. The third-order valence-corrected chi connectivity index (χ3v) is 6.76. The molecule has 0 aliphatic heterocycles. The van der Waals surface area contributed by atoms with Gasteiger partial charge in [0.25, 0.3) is 0 Å². The smallest absolute Gasteiger partial charge is 0.150 e. The van der Waals surface area contributed by atoms with Gasteiger partial charge in [-0.15, -0.1) is 0 Å². The SMILES string of the molecule is CC(C)CCS(=O)(=O)CC1CC(N(C)c2ncnc3[nH]ccc23)C1. The van der Waals surface area contributed by atoms with Crippen LogP contribution in [0.5, 0.6) is 0 Å². The highest BCUT2D eigenvalue weighted by Crippen LogP contribution is 2.35. The van der Waals surface area contributed by atoms with Crippen LogP contribution in [0.25, 0.3) is 11.0 Å². The first-order valence-electron chi connectivity index (χ1n) is 8.57. The molecule has 0 amide bonds. The number of fused-ring (bicyclic) bond motifs is 1. The summed E-state index contributed by atoms with van der Waals surface area (Å²) in [7, 11) is -0.895. The average Bonchev–Trinajstić information content (AvgIpc) is 2.96. The van der Waals surface area contributed by atoms with E-state index in [1.165, 1.54) is 0 Å². The topological polar surface area (TPSA) is 79.0 Å². The predicted octanol–water partition coefficient (Wildman–Crippen LogP) is 2.63. The van der Waals surface area contributed by atoms with Crippen LogP contribution in [0.15, 0.2) is 18.6 Å². The molecule has 24 heavy (non-hydrogen) atoms. The molecule has 6 nitrogen and oxygen atoms in total. The highest BCUT2D eigenvalue weighted by Gasteiger charge is 2.35. The van der Waals surface area contributed by atoms with Gasteiger partial charge in [0.1, 0.15) is 17.8 Å². The lowest BCUT2D eigenvalue weighted by Gasteiger charge is -2.41. The fourth-order valence-corrected chi connectivity index (χ4v) is 5.31. The maximum Gasteiger partial charge on any atom is 0.150 e. The Bertz CT molecular complexity index is 794. The molecule has 1 fully saturated rings. The van der Waals surface area contributed by atoms with E-state index in [-0.39, 0.29) is 5.92 Å². The molecule has 2 aromatic rings. The van der Waals surface area contributed by atoms with Gasteiger partial charge in [-0.1, -0.05) is 13.8 Å². The lowest BCUT2D eigenvalue weighted by molar-refractivity contribution is 0.282. The lowest BCUT2D eigenvalue weighted by Crippen LogP contribution is -2.45. The summed E-state index contributed by atoms with van der Waals surface area (Å²) in [6, 6.07) is 2.33. The molecule has 1 N–H and O–H groups in total. The first kappa shape index (κ1) is 17.2. The summed E-state index contributed by atoms with van der Waals surface area (Å²) in [4.78, 5) is 13.9. The second-order valence-electron chi connectivity index (χ2n) is 7.34. The monoisotopic (exact) mass is 350 g/mol. The zero-order chi connectivity index (χ0) is 17.3. The molecule has 132 valence electrons. The first-order valence-corrected chi connectivity index (χ1v) is 10.4. The Morgan fingerprint density at radius 3 is 2.79 bits per heavy atom. The Morgan fingerprint density at radius 1 is 1.33 bits per heavy atom. The van der Waals surface area contributed by atoms with Crippen molar-refractivity contribution in [3.05, 3.63) is 18.6 Å². The lowest BCUT2D eigenvalue weighted by atomic mass is 9.81. The summed E-state index contributed by atoms with van der Waals surface area (Å²) in [5.41, 5.74) is 0.832. The van der Waals surface area contributed by atoms with Gasteiger partial charge in [-0.05, 0) is 37.2 Å². The van der Waals surface area contributed by atoms with E-state index in [2.05, 4.69) is 33.7 Å². The molecule has 1 aliphatic rings. The average molecular weight is 350 g/mol. The minimum Gasteiger partial charge on any atom is -0.356 e. The van der Waals surface area contributed by atoms with Gasteiger partial charge in [-0.25, -0.2) is 18.4 Å². The van der Waals surface area contributed by atoms with Gasteiger partial charge < -0.3 is 9.88 Å². The van der Waals surface area contributed by atoms with E-state index in [1.807, 2.05) is 19.3 Å². The van der Waals surface area contributed by atoms with Crippen molar-refractivity contribution >= 4 is 26.7 Å². The van der Waals surface area contributed by atoms with Gasteiger partial charge in [0.2, 0.25) is 0 Å². The molecule has 2 aromatic heterocycles. The van der Waals surface area contributed by atoms with E-state index < -0.39 is 9.84 Å². The van der Waals surface area contributed by atoms with E-state index in [9.17, 15) is 8.42 Å². The third kappa shape index (κ3) is 3.71. The van der Waals surface area contributed by atoms with E-state index in [1.54, 1.807) is 6.33 Å². The summed E-state index contributed by atoms with van der Waals surface area (Å²) in [6.07, 6.45) is 6.00. The minimum absolute atomic E-state index is 0.276. The van der Waals surface area contributed by atoms with Crippen LogP contribution in [-0.4, -0.2) is 48.0 Å². The van der Waals surface area contributed by atoms with Gasteiger partial charge in [0, 0.05) is 19.3 Å². The van der Waals surface area contributed by atoms with Crippen molar-refractivity contribution < 1.29 is 8.42 Å². The van der Waals surface area contributed by atoms with E-state index >= 15 is 0 Å². The van der Waals surface area contributed by atoms with E-state index in [0.717, 1.165) is 36.1 Å². The zero-order valence-corrected chi connectivity index (χ0v) is 15.4. The molecule has 0 unspecified atom stereocenters. The summed E-state index contributed by atoms with van der Waals surface area (Å²) in [6.45, 7) is 4.13. The standard InChI is InChI=1S/C17H26N4O2S/c1-12(2)5-7-24(22,23)10-13-8-14(9-13)21(3)17-15-4-6-18-16(15)19-11-20-17/h4,6,11-14H,5,7-10H2,1-3H3,(H,18,19,20). The number of hydrogen-bond donors (Lipinski definition) is 1. The number of rotatable bonds is 7. The van der Waals surface area contributed by atoms with Crippen LogP contribution < -0.4 is 4.90 Å². The number of sulfone groups is 1. The molecule has 1 aliphatic carbocycles. The largest absolute Gasteiger partial charge is 0.356 e. The Balaban J connectivity index is 1.57. The van der Waals surface area contributed by atoms with Crippen LogP contribution in [0.4, 0.5) is 5.82 Å². The fourth-order valence-electron chi connectivity index (χ4n) is 3.32. The number of nitrogens with one attached hydrogen (secondary N) is 1. The molecular weight excluding hydrogens is 324 g/mol. The Kier molecular flexibility index (Phi) is 4.80. The second kappa shape index (κ2) is 6.70. The molecule has 0 radical (unpaired) electrons. The number of aromatic amines is 1. The molecule has 7 heteroatoms. The Hall–Kier alpha value is -1.63. The maximum atomic E-state index is 12.2. The van der Waals surface area contributed by atoms with E-state index in [0.29, 0.717) is 23.5 Å². The molecule has 0 saturated heterocycles. The van der Waals surface area contributed by atoms with Crippen molar-refractivity contribution in [1.29, 1.82) is 0 Å². The quantitative estimate of drug-likeness (QED) is 0.830. The van der Waals surface area contributed by atoms with Crippen molar-refractivity contribution in [1.82, 2.24) is 15.0 Å². The second-order valence-corrected chi connectivity index (χ2v) is 9.56. The van der Waals surface area contributed by atoms with Crippen LogP contribution in [-0.2, 0) is 9.84 Å². The number of H-pyrrole nitrogens is 1. The highest BCUT2D eigenvalue weighted by atomic mass is 32.2. The molecular formula is C17H26N4O2S. The van der Waals surface area contributed by atoms with Crippen LogP contribution in [0.1, 0.15) is 33.1 Å². The number of nitrogens with zero attached hydrogens (tertiary/aromatic N) is 3. The molecule has 2 heterocycles. The minimum atomic E-state index is -2.93. The van der Waals surface area contributed by atoms with Crippen molar-refractivity contribution in [3.63, 3.8) is 0 Å². The normalized spacial score (nSPS) is 21.2. The van der Waals surface area contributed by atoms with Gasteiger partial charge in [-0.2, -0.15) is 0 Å². The molecule has 0 atom stereocenters. The molecule has 0 aromatic carbocycles. The molecule has 3 rings (SSSR count). The summed E-state index contributed by atoms with van der Waals surface area (Å²) in [5, 5.41) is 1.01. The van der Waals surface area contributed by atoms with Crippen LogP contribution >= 0.6 is 0 Å².